The lowest BCUT2D eigenvalue weighted by atomic mass is 10.0. The molecule has 0 aliphatic rings. The lowest BCUT2D eigenvalue weighted by Crippen LogP contribution is -1.99. The first-order chi connectivity index (χ1) is 8.17. The van der Waals surface area contributed by atoms with Crippen molar-refractivity contribution in [2.45, 2.75) is 27.2 Å². The van der Waals surface area contributed by atoms with Crippen LogP contribution in [0.3, 0.4) is 0 Å². The van der Waals surface area contributed by atoms with Crippen molar-refractivity contribution in [3.8, 4) is 0 Å². The largest absolute Gasteiger partial charge is 0.404 e. The maximum Gasteiger partial charge on any atom is 0.00979 e. The van der Waals surface area contributed by atoms with E-state index in [9.17, 15) is 0 Å². The van der Waals surface area contributed by atoms with Gasteiger partial charge < -0.3 is 11.5 Å². The van der Waals surface area contributed by atoms with E-state index in [2.05, 4.69) is 39.0 Å². The fourth-order valence-corrected chi connectivity index (χ4v) is 1.98. The molecule has 0 bridgehead atoms. The maximum atomic E-state index is 5.17. The van der Waals surface area contributed by atoms with Crippen LogP contribution in [0.25, 0.3) is 0 Å². The minimum Gasteiger partial charge on any atom is -0.404 e. The molecule has 0 radical (unpaired) electrons. The van der Waals surface area contributed by atoms with E-state index >= 15 is 0 Å². The Morgan fingerprint density at radius 1 is 1.24 bits per heavy atom. The number of thioether (sulfide) groups is 1. The monoisotopic (exact) mass is 252 g/mol. The van der Waals surface area contributed by atoms with Gasteiger partial charge in [0.05, 0.1) is 0 Å². The van der Waals surface area contributed by atoms with Gasteiger partial charge in [-0.1, -0.05) is 25.1 Å². The molecule has 0 unspecified atom stereocenters. The van der Waals surface area contributed by atoms with Gasteiger partial charge in [-0.25, -0.2) is 0 Å². The van der Waals surface area contributed by atoms with Crippen LogP contribution in [0.2, 0.25) is 0 Å². The van der Waals surface area contributed by atoms with Crippen molar-refractivity contribution in [1.29, 1.82) is 0 Å². The van der Waals surface area contributed by atoms with Gasteiger partial charge in [-0.15, -0.1) is 11.8 Å². The molecule has 2 nitrogen and oxygen atoms in total. The van der Waals surface area contributed by atoms with E-state index in [4.69, 9.17) is 11.5 Å². The van der Waals surface area contributed by atoms with Gasteiger partial charge in [-0.3, -0.25) is 0 Å². The third-order valence-electron chi connectivity index (χ3n) is 2.41. The predicted octanol–water partition coefficient (Wildman–Crippen LogP) is 2.97. The quantitative estimate of drug-likeness (QED) is 0.810. The average Bonchev–Trinajstić information content (AvgIpc) is 2.31. The van der Waals surface area contributed by atoms with Gasteiger partial charge in [0.1, 0.15) is 0 Å². The Bertz CT molecular complexity index is 315. The van der Waals surface area contributed by atoms with Gasteiger partial charge in [0.25, 0.3) is 0 Å². The van der Waals surface area contributed by atoms with Crippen LogP contribution in [0.15, 0.2) is 29.8 Å². The molecule has 0 aromatic heterocycles. The Balaban J connectivity index is 0.000000325. The van der Waals surface area contributed by atoms with E-state index in [1.54, 1.807) is 11.8 Å². The smallest absolute Gasteiger partial charge is 0.00979 e. The fourth-order valence-electron chi connectivity index (χ4n) is 1.60. The molecule has 0 aliphatic heterocycles. The van der Waals surface area contributed by atoms with E-state index in [0.29, 0.717) is 0 Å². The topological polar surface area (TPSA) is 52.0 Å². The van der Waals surface area contributed by atoms with Crippen molar-refractivity contribution in [3.63, 3.8) is 0 Å². The Kier molecular flexibility index (Phi) is 9.68. The highest BCUT2D eigenvalue weighted by Gasteiger charge is 1.96. The molecule has 1 rings (SSSR count). The molecule has 0 heterocycles. The summed E-state index contributed by atoms with van der Waals surface area (Å²) in [4.78, 5) is 0. The molecule has 0 atom stereocenters. The van der Waals surface area contributed by atoms with Crippen LogP contribution in [0.4, 0.5) is 0 Å². The Morgan fingerprint density at radius 2 is 1.82 bits per heavy atom. The zero-order valence-electron chi connectivity index (χ0n) is 11.1. The summed E-state index contributed by atoms with van der Waals surface area (Å²) < 4.78 is 0. The first-order valence-electron chi connectivity index (χ1n) is 5.90. The Labute approximate surface area is 109 Å². The first-order valence-corrected chi connectivity index (χ1v) is 6.95. The third-order valence-corrected chi connectivity index (χ3v) is 3.23. The van der Waals surface area contributed by atoms with Gasteiger partial charge in [-0.05, 0) is 42.4 Å². The molecule has 0 fully saturated rings. The molecule has 0 aliphatic carbocycles. The van der Waals surface area contributed by atoms with Crippen LogP contribution < -0.4 is 11.5 Å². The van der Waals surface area contributed by atoms with Crippen LogP contribution in [0.5, 0.6) is 0 Å². The number of hydrogen-bond donors (Lipinski definition) is 2. The van der Waals surface area contributed by atoms with Crippen molar-refractivity contribution in [2.24, 2.45) is 11.5 Å². The second-order valence-corrected chi connectivity index (χ2v) is 4.73. The summed E-state index contributed by atoms with van der Waals surface area (Å²) in [7, 11) is 0. The average molecular weight is 252 g/mol. The molecule has 0 saturated carbocycles. The molecule has 0 saturated heterocycles. The first kappa shape index (κ1) is 16.1. The third kappa shape index (κ3) is 7.08. The summed E-state index contributed by atoms with van der Waals surface area (Å²) in [6.07, 6.45) is 2.67. The molecular weight excluding hydrogens is 228 g/mol. The van der Waals surface area contributed by atoms with E-state index in [1.165, 1.54) is 22.9 Å². The summed E-state index contributed by atoms with van der Waals surface area (Å²) in [6.45, 7) is 7.27. The normalized spacial score (nSPS) is 10.1. The number of benzene rings is 1. The molecule has 4 N–H and O–H groups in total. The molecule has 96 valence electrons. The molecule has 17 heavy (non-hydrogen) atoms. The second kappa shape index (κ2) is 10.2. The molecule has 0 spiro atoms. The van der Waals surface area contributed by atoms with Gasteiger partial charge in [-0.2, -0.15) is 0 Å². The highest BCUT2D eigenvalue weighted by Crippen LogP contribution is 2.12. The molecular formula is C14H24N2S. The molecule has 3 heteroatoms. The van der Waals surface area contributed by atoms with Crippen molar-refractivity contribution in [1.82, 2.24) is 0 Å². The van der Waals surface area contributed by atoms with Crippen molar-refractivity contribution in [3.05, 3.63) is 46.5 Å². The Morgan fingerprint density at radius 3 is 2.18 bits per heavy atom. The summed E-state index contributed by atoms with van der Waals surface area (Å²) in [5, 5.41) is 1.83. The molecule has 0 amide bonds. The lowest BCUT2D eigenvalue weighted by Gasteiger charge is -2.04. The van der Waals surface area contributed by atoms with Crippen molar-refractivity contribution >= 4 is 11.8 Å². The minimum absolute atomic E-state index is 0.717. The summed E-state index contributed by atoms with van der Waals surface area (Å²) in [5.41, 5.74) is 14.5. The fraction of sp³-hybridized carbons (Fsp3) is 0.429. The van der Waals surface area contributed by atoms with Crippen LogP contribution in [-0.4, -0.2) is 12.3 Å². The predicted molar refractivity (Wildman–Crippen MR) is 80.1 cm³/mol. The minimum atomic E-state index is 0.717. The summed E-state index contributed by atoms with van der Waals surface area (Å²) in [6, 6.07) is 6.46. The van der Waals surface area contributed by atoms with Crippen molar-refractivity contribution in [2.75, 3.05) is 12.3 Å². The number of aryl methyl sites for hydroxylation is 2. The highest BCUT2D eigenvalue weighted by atomic mass is 32.2. The molecule has 1 aromatic rings. The SMILES string of the molecule is CCc1c(C)cccc1C.N/C=C\SCCN. The highest BCUT2D eigenvalue weighted by molar-refractivity contribution is 8.02. The molecule has 1 aromatic carbocycles. The number of rotatable bonds is 4. The Hall–Kier alpha value is -0.930. The van der Waals surface area contributed by atoms with Gasteiger partial charge >= 0.3 is 0 Å². The maximum absolute atomic E-state index is 5.17. The standard InChI is InChI=1S/C10H14.C4H10N2S/c1-4-10-8(2)6-5-7-9(10)3;5-1-3-7-4-2-6/h5-7H,4H2,1-3H3;1,3H,2,4-6H2/b;3-1-. The number of hydrogen-bond acceptors (Lipinski definition) is 3. The van der Waals surface area contributed by atoms with Crippen molar-refractivity contribution < 1.29 is 0 Å². The van der Waals surface area contributed by atoms with Crippen LogP contribution >= 0.6 is 11.8 Å². The second-order valence-electron chi connectivity index (χ2n) is 3.71. The van der Waals surface area contributed by atoms with E-state index in [1.807, 2.05) is 5.41 Å². The lowest BCUT2D eigenvalue weighted by molar-refractivity contribution is 1.08. The summed E-state index contributed by atoms with van der Waals surface area (Å²) >= 11 is 1.62. The number of nitrogens with two attached hydrogens (primary N) is 2. The van der Waals surface area contributed by atoms with E-state index in [0.717, 1.165) is 18.7 Å². The van der Waals surface area contributed by atoms with Gasteiger partial charge in [0.2, 0.25) is 0 Å². The van der Waals surface area contributed by atoms with Crippen LogP contribution in [-0.2, 0) is 6.42 Å². The van der Waals surface area contributed by atoms with E-state index < -0.39 is 0 Å². The van der Waals surface area contributed by atoms with Crippen LogP contribution in [0, 0.1) is 13.8 Å². The van der Waals surface area contributed by atoms with Crippen LogP contribution in [0.1, 0.15) is 23.6 Å². The van der Waals surface area contributed by atoms with Gasteiger partial charge in [0.15, 0.2) is 0 Å². The van der Waals surface area contributed by atoms with Gasteiger partial charge in [0, 0.05) is 18.5 Å². The van der Waals surface area contributed by atoms with E-state index in [-0.39, 0.29) is 0 Å². The summed E-state index contributed by atoms with van der Waals surface area (Å²) in [5.74, 6) is 0.952. The zero-order chi connectivity index (χ0) is 13.1. The zero-order valence-corrected chi connectivity index (χ0v) is 11.9.